The molecule has 1 heterocycles. The molecule has 5 rings (SSSR count). The number of anilines is 2. The highest BCUT2D eigenvalue weighted by molar-refractivity contribution is 6.26. The number of carbonyl (C=O) groups is 2. The molecular formula is C23H27F2N3O3. The van der Waals surface area contributed by atoms with Crippen LogP contribution in [0.25, 0.3) is 0 Å². The second-order valence-corrected chi connectivity index (χ2v) is 9.60. The number of halogens is 2. The number of hydrogen-bond donors (Lipinski definition) is 3. The lowest BCUT2D eigenvalue weighted by Gasteiger charge is -2.28. The smallest absolute Gasteiger partial charge is 0.339 e. The fourth-order valence-electron chi connectivity index (χ4n) is 5.51. The van der Waals surface area contributed by atoms with E-state index in [4.69, 9.17) is 11.5 Å². The molecule has 1 aromatic rings. The zero-order valence-electron chi connectivity index (χ0n) is 17.2. The highest BCUT2D eigenvalue weighted by Gasteiger charge is 2.49. The van der Waals surface area contributed by atoms with Crippen LogP contribution in [0.2, 0.25) is 0 Å². The molecule has 1 saturated heterocycles. The third-order valence-corrected chi connectivity index (χ3v) is 7.66. The van der Waals surface area contributed by atoms with Crippen LogP contribution in [-0.4, -0.2) is 41.7 Å². The van der Waals surface area contributed by atoms with Gasteiger partial charge in [0, 0.05) is 29.9 Å². The van der Waals surface area contributed by atoms with Crippen molar-refractivity contribution >= 4 is 23.1 Å². The van der Waals surface area contributed by atoms with Gasteiger partial charge in [-0.05, 0) is 62.3 Å². The molecule has 1 aliphatic heterocycles. The monoisotopic (exact) mass is 431 g/mol. The standard InChI is InChI=1S/C23H27F2N3O3/c24-15-8-14(15)12-2-1-3-13(22(30)31)21(29)19-16(26)9-17(20(25)18(12)19)28-7-4-11(10-28)23(27)5-6-23/h3,9,11-12,14-15H,1-2,4-8,10,26-27H2,(H,30,31)/t11-,12?,14+,15+/m1/s1. The summed E-state index contributed by atoms with van der Waals surface area (Å²) in [5, 5.41) is 9.48. The molecule has 166 valence electrons. The number of allylic oxidation sites excluding steroid dienone is 1. The van der Waals surface area contributed by atoms with Crippen molar-refractivity contribution in [2.45, 2.75) is 56.2 Å². The Morgan fingerprint density at radius 2 is 2.00 bits per heavy atom. The fraction of sp³-hybridized carbons (Fsp3) is 0.565. The Labute approximate surface area is 179 Å². The molecule has 4 aliphatic rings. The summed E-state index contributed by atoms with van der Waals surface area (Å²) in [6.07, 6.45) is 4.07. The number of nitrogens with two attached hydrogens (primary N) is 2. The molecule has 0 amide bonds. The summed E-state index contributed by atoms with van der Waals surface area (Å²) in [5.41, 5.74) is 12.4. The maximum atomic E-state index is 16.0. The van der Waals surface area contributed by atoms with Crippen molar-refractivity contribution in [1.29, 1.82) is 0 Å². The Bertz CT molecular complexity index is 1000. The second-order valence-electron chi connectivity index (χ2n) is 9.60. The molecule has 2 saturated carbocycles. The normalized spacial score (nSPS) is 31.5. The van der Waals surface area contributed by atoms with Crippen LogP contribution in [0.5, 0.6) is 0 Å². The molecule has 6 nitrogen and oxygen atoms in total. The molecule has 0 radical (unpaired) electrons. The number of nitrogen functional groups attached to an aromatic ring is 1. The minimum atomic E-state index is -1.37. The number of carboxylic acid groups (broad SMARTS) is 1. The summed E-state index contributed by atoms with van der Waals surface area (Å²) < 4.78 is 30.1. The third kappa shape index (κ3) is 3.32. The van der Waals surface area contributed by atoms with Crippen molar-refractivity contribution in [3.8, 4) is 0 Å². The zero-order chi connectivity index (χ0) is 22.1. The number of carboxylic acids is 1. The minimum absolute atomic E-state index is 0.0452. The Kier molecular flexibility index (Phi) is 4.62. The highest BCUT2D eigenvalue weighted by atomic mass is 19.1. The van der Waals surface area contributed by atoms with Crippen molar-refractivity contribution in [2.24, 2.45) is 17.6 Å². The summed E-state index contributed by atoms with van der Waals surface area (Å²) in [7, 11) is 0. The molecule has 0 bridgehead atoms. The molecule has 31 heavy (non-hydrogen) atoms. The lowest BCUT2D eigenvalue weighted by molar-refractivity contribution is -0.132. The summed E-state index contributed by atoms with van der Waals surface area (Å²) in [4.78, 5) is 26.6. The average molecular weight is 431 g/mol. The number of carbonyl (C=O) groups excluding carboxylic acids is 1. The highest BCUT2D eigenvalue weighted by Crippen LogP contribution is 2.52. The summed E-state index contributed by atoms with van der Waals surface area (Å²) in [5.74, 6) is -3.35. The van der Waals surface area contributed by atoms with Crippen molar-refractivity contribution in [2.75, 3.05) is 23.7 Å². The quantitative estimate of drug-likeness (QED) is 0.499. The molecule has 1 unspecified atom stereocenters. The van der Waals surface area contributed by atoms with Crippen molar-refractivity contribution in [3.05, 3.63) is 34.7 Å². The topological polar surface area (TPSA) is 110 Å². The van der Waals surface area contributed by atoms with E-state index < -0.39 is 35.2 Å². The van der Waals surface area contributed by atoms with Gasteiger partial charge in [0.1, 0.15) is 11.7 Å². The van der Waals surface area contributed by atoms with Gasteiger partial charge in [-0.15, -0.1) is 0 Å². The molecule has 0 aromatic heterocycles. The molecule has 1 aromatic carbocycles. The van der Waals surface area contributed by atoms with E-state index in [0.717, 1.165) is 19.3 Å². The van der Waals surface area contributed by atoms with E-state index in [9.17, 15) is 19.1 Å². The molecular weight excluding hydrogens is 404 g/mol. The lowest BCUT2D eigenvalue weighted by Crippen LogP contribution is -2.35. The van der Waals surface area contributed by atoms with Crippen LogP contribution in [-0.2, 0) is 4.79 Å². The van der Waals surface area contributed by atoms with E-state index in [-0.39, 0.29) is 40.6 Å². The number of ketones is 1. The Morgan fingerprint density at radius 1 is 1.29 bits per heavy atom. The van der Waals surface area contributed by atoms with Crippen LogP contribution >= 0.6 is 0 Å². The van der Waals surface area contributed by atoms with E-state index in [1.807, 2.05) is 4.90 Å². The summed E-state index contributed by atoms with van der Waals surface area (Å²) in [6.45, 7) is 1.24. The third-order valence-electron chi connectivity index (χ3n) is 7.66. The first-order valence-corrected chi connectivity index (χ1v) is 11.0. The van der Waals surface area contributed by atoms with Crippen molar-refractivity contribution in [3.63, 3.8) is 0 Å². The molecule has 5 N–H and O–H groups in total. The van der Waals surface area contributed by atoms with E-state index in [2.05, 4.69) is 0 Å². The van der Waals surface area contributed by atoms with Gasteiger partial charge in [-0.3, -0.25) is 4.79 Å². The van der Waals surface area contributed by atoms with Gasteiger partial charge in [0.2, 0.25) is 5.78 Å². The number of Topliss-reactive ketones (excluding diaryl/α,β-unsaturated/α-hetero) is 1. The van der Waals surface area contributed by atoms with Gasteiger partial charge in [0.25, 0.3) is 0 Å². The Balaban J connectivity index is 1.60. The maximum Gasteiger partial charge on any atom is 0.339 e. The van der Waals surface area contributed by atoms with Crippen LogP contribution in [0, 0.1) is 17.7 Å². The number of aliphatic carboxylic acids is 1. The van der Waals surface area contributed by atoms with Crippen LogP contribution in [0.1, 0.15) is 60.4 Å². The van der Waals surface area contributed by atoms with Crippen LogP contribution in [0.15, 0.2) is 17.7 Å². The van der Waals surface area contributed by atoms with Gasteiger partial charge in [-0.25, -0.2) is 13.6 Å². The van der Waals surface area contributed by atoms with Gasteiger partial charge in [0.05, 0.1) is 11.3 Å². The number of nitrogens with zero attached hydrogens (tertiary/aromatic N) is 1. The van der Waals surface area contributed by atoms with Gasteiger partial charge in [-0.1, -0.05) is 6.08 Å². The molecule has 3 fully saturated rings. The Hall–Kier alpha value is -2.48. The first-order chi connectivity index (χ1) is 14.7. The van der Waals surface area contributed by atoms with E-state index >= 15 is 4.39 Å². The number of rotatable bonds is 4. The van der Waals surface area contributed by atoms with E-state index in [1.54, 1.807) is 0 Å². The number of benzene rings is 1. The summed E-state index contributed by atoms with van der Waals surface area (Å²) in [6, 6.07) is 1.43. The van der Waals surface area contributed by atoms with Gasteiger partial charge < -0.3 is 21.5 Å². The van der Waals surface area contributed by atoms with Crippen LogP contribution in [0.3, 0.4) is 0 Å². The predicted molar refractivity (Wildman–Crippen MR) is 112 cm³/mol. The first-order valence-electron chi connectivity index (χ1n) is 11.0. The Morgan fingerprint density at radius 3 is 2.61 bits per heavy atom. The van der Waals surface area contributed by atoms with E-state index in [1.165, 1.54) is 12.1 Å². The zero-order valence-corrected chi connectivity index (χ0v) is 17.2. The van der Waals surface area contributed by atoms with Crippen LogP contribution in [0.4, 0.5) is 20.2 Å². The number of hydrogen-bond acceptors (Lipinski definition) is 5. The SMILES string of the molecule is Nc1cc(N2CC[C@@H](C3(N)CC3)C2)c(F)c2c1C(=O)C(C(=O)O)=CCCC2[C@@H]1C[C@@H]1F. The van der Waals surface area contributed by atoms with Crippen LogP contribution < -0.4 is 16.4 Å². The number of alkyl halides is 1. The van der Waals surface area contributed by atoms with Gasteiger partial charge in [0.15, 0.2) is 5.82 Å². The molecule has 4 atom stereocenters. The maximum absolute atomic E-state index is 16.0. The lowest BCUT2D eigenvalue weighted by atomic mass is 9.80. The predicted octanol–water partition coefficient (Wildman–Crippen LogP) is 3.15. The molecule has 0 spiro atoms. The van der Waals surface area contributed by atoms with E-state index in [0.29, 0.717) is 31.6 Å². The minimum Gasteiger partial charge on any atom is -0.478 e. The fourth-order valence-corrected chi connectivity index (χ4v) is 5.51. The summed E-state index contributed by atoms with van der Waals surface area (Å²) >= 11 is 0. The molecule has 3 aliphatic carbocycles. The average Bonchev–Trinajstić information content (AvgIpc) is 3.56. The first kappa shape index (κ1) is 20.4. The van der Waals surface area contributed by atoms with Crippen molar-refractivity contribution < 1.29 is 23.5 Å². The number of fused-ring (bicyclic) bond motifs is 1. The van der Waals surface area contributed by atoms with Gasteiger partial charge in [-0.2, -0.15) is 0 Å². The van der Waals surface area contributed by atoms with Gasteiger partial charge >= 0.3 is 5.97 Å². The molecule has 8 heteroatoms. The van der Waals surface area contributed by atoms with Crippen molar-refractivity contribution in [1.82, 2.24) is 0 Å². The largest absolute Gasteiger partial charge is 0.478 e. The second kappa shape index (κ2) is 7.02.